The second kappa shape index (κ2) is 17.6. The molecule has 0 bridgehead atoms. The number of likely N-dealkylation sites (tertiary alicyclic amines) is 2. The number of nitrogens with zero attached hydrogens (tertiary/aromatic N) is 5. The highest BCUT2D eigenvalue weighted by atomic mass is 16.5. The van der Waals surface area contributed by atoms with E-state index < -0.39 is 12.1 Å². The predicted molar refractivity (Wildman–Crippen MR) is 243 cm³/mol. The zero-order valence-corrected chi connectivity index (χ0v) is 37.2. The summed E-state index contributed by atoms with van der Waals surface area (Å²) in [5.41, 5.74) is 7.99. The number of fused-ring (bicyclic) bond motifs is 5. The molecule has 330 valence electrons. The van der Waals surface area contributed by atoms with Crippen molar-refractivity contribution in [3.05, 3.63) is 95.7 Å². The van der Waals surface area contributed by atoms with Crippen LogP contribution >= 0.6 is 0 Å². The Morgan fingerprint density at radius 2 is 1.69 bits per heavy atom. The second-order valence-corrected chi connectivity index (χ2v) is 17.6. The molecule has 3 atom stereocenters. The molecule has 3 aliphatic heterocycles. The lowest BCUT2D eigenvalue weighted by molar-refractivity contribution is -0.135. The van der Waals surface area contributed by atoms with Crippen LogP contribution in [0.2, 0.25) is 0 Å². The van der Waals surface area contributed by atoms with Gasteiger partial charge in [0.15, 0.2) is 6.73 Å². The fourth-order valence-electron chi connectivity index (χ4n) is 9.37. The Kier molecular flexibility index (Phi) is 11.7. The lowest BCUT2D eigenvalue weighted by Crippen LogP contribution is -2.51. The summed E-state index contributed by atoms with van der Waals surface area (Å²) in [6.45, 7) is 9.57. The first-order valence-corrected chi connectivity index (χ1v) is 22.2. The molecular weight excluding hydrogens is 809 g/mol. The van der Waals surface area contributed by atoms with E-state index in [1.165, 1.54) is 7.11 Å². The van der Waals surface area contributed by atoms with Gasteiger partial charge in [-0.1, -0.05) is 51.7 Å². The van der Waals surface area contributed by atoms with Gasteiger partial charge >= 0.3 is 6.09 Å². The Hall–Kier alpha value is -7.01. The Balaban J connectivity index is 1.06. The van der Waals surface area contributed by atoms with Crippen LogP contribution in [0.3, 0.4) is 0 Å². The van der Waals surface area contributed by atoms with Crippen LogP contribution in [0.25, 0.3) is 44.8 Å². The van der Waals surface area contributed by atoms with Crippen molar-refractivity contribution in [2.45, 2.75) is 84.7 Å². The number of alkyl carbamates (subject to hydrolysis) is 1. The molecule has 3 N–H and O–H groups in total. The largest absolute Gasteiger partial charge is 0.497 e. The standard InChI is InChI=1S/C50H54N8O6/c1-29(2)22-44(59)56-20-9-13-42(56)48-52-26-38(53-48)32-15-18-36-43(25-32)64-28-58-40-19-16-33(24-37(40)35(46(36)58)17-14-31-10-7-11-34(23-31)62-5)47-51-27-39(54-47)41-12-8-21-57(41)49(60)45(30(3)4)55-50(61)63-6/h7,10-11,15-16,18-19,23-27,29-30,41-42,45H,8-9,12-13,20-22,28H2,1-6H3,(H,51,54)(H,52,53)(H,55,61)/t41-,42-,45-/m0/s1. The maximum atomic E-state index is 13.8. The number of hydrogen-bond donors (Lipinski definition) is 3. The quantitative estimate of drug-likeness (QED) is 0.116. The highest BCUT2D eigenvalue weighted by Crippen LogP contribution is 2.44. The predicted octanol–water partition coefficient (Wildman–Crippen LogP) is 8.60. The normalized spacial score (nSPS) is 17.2. The summed E-state index contributed by atoms with van der Waals surface area (Å²) in [4.78, 5) is 59.6. The van der Waals surface area contributed by atoms with Crippen LogP contribution < -0.4 is 14.8 Å². The number of imidazole rings is 2. The molecule has 64 heavy (non-hydrogen) atoms. The van der Waals surface area contributed by atoms with Gasteiger partial charge in [0.2, 0.25) is 11.8 Å². The van der Waals surface area contributed by atoms with Crippen molar-refractivity contribution in [1.82, 2.24) is 39.6 Å². The number of aromatic amines is 2. The van der Waals surface area contributed by atoms with Gasteiger partial charge in [-0.25, -0.2) is 14.8 Å². The molecular formula is C50H54N8O6. The van der Waals surface area contributed by atoms with Gasteiger partial charge in [-0.15, -0.1) is 0 Å². The number of carbonyl (C=O) groups excluding carboxylic acids is 3. The lowest BCUT2D eigenvalue weighted by atomic mass is 10.0. The summed E-state index contributed by atoms with van der Waals surface area (Å²) in [5, 5.41) is 3.67. The second-order valence-electron chi connectivity index (χ2n) is 17.6. The molecule has 2 saturated heterocycles. The average molecular weight is 863 g/mol. The van der Waals surface area contributed by atoms with E-state index in [1.54, 1.807) is 7.11 Å². The zero-order valence-electron chi connectivity index (χ0n) is 37.2. The highest BCUT2D eigenvalue weighted by molar-refractivity contribution is 5.98. The molecule has 2 fully saturated rings. The Morgan fingerprint density at radius 3 is 2.47 bits per heavy atom. The SMILES string of the molecule is COC(=O)N[C@H](C(=O)N1CCC[C@H]1c1cnc(-c2ccc3c(c2)c(C#Cc2cccc(OC)c2)c2n3COc3cc(-c4cnc([C@@H]5CCCN5C(=O)CC(C)C)[nH]4)ccc3-2)[nH]1)C(C)C. The van der Waals surface area contributed by atoms with E-state index >= 15 is 0 Å². The Labute approximate surface area is 372 Å². The van der Waals surface area contributed by atoms with Gasteiger partial charge in [0, 0.05) is 47.2 Å². The minimum absolute atomic E-state index is 0.0612. The molecule has 3 aromatic carbocycles. The summed E-state index contributed by atoms with van der Waals surface area (Å²) < 4.78 is 19.0. The minimum atomic E-state index is -0.713. The van der Waals surface area contributed by atoms with Crippen LogP contribution in [0.15, 0.2) is 73.1 Å². The number of H-pyrrole nitrogens is 2. The number of ether oxygens (including phenoxy) is 3. The van der Waals surface area contributed by atoms with Crippen molar-refractivity contribution >= 4 is 28.8 Å². The first kappa shape index (κ1) is 42.3. The lowest BCUT2D eigenvalue weighted by Gasteiger charge is -2.30. The van der Waals surface area contributed by atoms with Crippen LogP contribution in [0, 0.1) is 23.7 Å². The van der Waals surface area contributed by atoms with Gasteiger partial charge in [0.1, 0.15) is 29.2 Å². The third-order valence-electron chi connectivity index (χ3n) is 12.6. The van der Waals surface area contributed by atoms with Crippen LogP contribution in [-0.4, -0.2) is 85.6 Å². The molecule has 0 aliphatic carbocycles. The molecule has 0 unspecified atom stereocenters. The molecule has 6 heterocycles. The van der Waals surface area contributed by atoms with E-state index in [-0.39, 0.29) is 36.5 Å². The monoisotopic (exact) mass is 862 g/mol. The Morgan fingerprint density at radius 1 is 0.891 bits per heavy atom. The van der Waals surface area contributed by atoms with Gasteiger partial charge in [0.25, 0.3) is 0 Å². The van der Waals surface area contributed by atoms with Gasteiger partial charge in [-0.05, 0) is 86.1 Å². The average Bonchev–Trinajstić information content (AvgIpc) is 4.16. The molecule has 14 nitrogen and oxygen atoms in total. The third-order valence-corrected chi connectivity index (χ3v) is 12.6. The first-order valence-electron chi connectivity index (χ1n) is 22.2. The summed E-state index contributed by atoms with van der Waals surface area (Å²) in [5.74, 6) is 10.1. The summed E-state index contributed by atoms with van der Waals surface area (Å²) >= 11 is 0. The van der Waals surface area contributed by atoms with Crippen LogP contribution in [-0.2, 0) is 21.1 Å². The van der Waals surface area contributed by atoms with E-state index in [0.717, 1.165) is 105 Å². The number of nitrogens with one attached hydrogen (secondary N) is 3. The number of methoxy groups -OCH3 is 2. The van der Waals surface area contributed by atoms with Crippen molar-refractivity contribution < 1.29 is 28.6 Å². The van der Waals surface area contributed by atoms with Gasteiger partial charge in [-0.2, -0.15) is 0 Å². The number of aromatic nitrogens is 5. The topological polar surface area (TPSA) is 160 Å². The Bertz CT molecular complexity index is 2810. The maximum absolute atomic E-state index is 13.8. The summed E-state index contributed by atoms with van der Waals surface area (Å²) in [6.07, 6.45) is 7.00. The van der Waals surface area contributed by atoms with E-state index in [2.05, 4.69) is 69.8 Å². The highest BCUT2D eigenvalue weighted by Gasteiger charge is 2.37. The van der Waals surface area contributed by atoms with E-state index in [0.29, 0.717) is 24.7 Å². The van der Waals surface area contributed by atoms with E-state index in [4.69, 9.17) is 24.2 Å². The molecule has 0 saturated carbocycles. The molecule has 0 radical (unpaired) electrons. The van der Waals surface area contributed by atoms with Gasteiger partial charge in [0.05, 0.1) is 66.9 Å². The van der Waals surface area contributed by atoms with Crippen molar-refractivity contribution in [2.75, 3.05) is 27.3 Å². The van der Waals surface area contributed by atoms with Gasteiger partial charge < -0.3 is 43.9 Å². The molecule has 9 rings (SSSR count). The summed E-state index contributed by atoms with van der Waals surface area (Å²) in [6, 6.07) is 19.2. The molecule has 14 heteroatoms. The first-order chi connectivity index (χ1) is 31.0. The number of carbonyl (C=O) groups is 3. The summed E-state index contributed by atoms with van der Waals surface area (Å²) in [7, 11) is 2.94. The van der Waals surface area contributed by atoms with Gasteiger partial charge in [-0.3, -0.25) is 9.59 Å². The molecule has 6 aromatic rings. The fourth-order valence-corrected chi connectivity index (χ4v) is 9.37. The van der Waals surface area contributed by atoms with Crippen molar-refractivity contribution in [2.24, 2.45) is 11.8 Å². The molecule has 3 amide bonds. The van der Waals surface area contributed by atoms with Crippen molar-refractivity contribution in [1.29, 1.82) is 0 Å². The van der Waals surface area contributed by atoms with Crippen molar-refractivity contribution in [3.63, 3.8) is 0 Å². The van der Waals surface area contributed by atoms with Crippen LogP contribution in [0.4, 0.5) is 4.79 Å². The third kappa shape index (κ3) is 8.06. The smallest absolute Gasteiger partial charge is 0.407 e. The molecule has 0 spiro atoms. The number of benzene rings is 3. The fraction of sp³-hybridized carbons (Fsp3) is 0.380. The molecule has 3 aromatic heterocycles. The number of hydrogen-bond acceptors (Lipinski definition) is 8. The molecule has 3 aliphatic rings. The number of rotatable bonds is 10. The van der Waals surface area contributed by atoms with E-state index in [9.17, 15) is 14.4 Å². The zero-order chi connectivity index (χ0) is 44.6. The minimum Gasteiger partial charge on any atom is -0.497 e. The maximum Gasteiger partial charge on any atom is 0.407 e. The van der Waals surface area contributed by atoms with Crippen LogP contribution in [0.5, 0.6) is 11.5 Å². The van der Waals surface area contributed by atoms with Crippen LogP contribution in [0.1, 0.15) is 94.5 Å². The van der Waals surface area contributed by atoms with E-state index in [1.807, 2.05) is 72.4 Å². The number of amides is 3. The van der Waals surface area contributed by atoms with Crippen molar-refractivity contribution in [3.8, 4) is 57.2 Å².